The molecule has 10 nitrogen and oxygen atoms in total. The van der Waals surface area contributed by atoms with E-state index in [0.29, 0.717) is 24.1 Å². The van der Waals surface area contributed by atoms with Crippen LogP contribution in [-0.2, 0) is 9.68 Å². The van der Waals surface area contributed by atoms with Crippen molar-refractivity contribution in [3.05, 3.63) is 47.7 Å². The molecule has 0 bridgehead atoms. The average molecular weight is 487 g/mol. The summed E-state index contributed by atoms with van der Waals surface area (Å²) in [5.41, 5.74) is 2.17. The van der Waals surface area contributed by atoms with Gasteiger partial charge >= 0.3 is 6.01 Å². The number of rotatable bonds is 9. The number of hydrogen-bond acceptors (Lipinski definition) is 9. The van der Waals surface area contributed by atoms with E-state index < -0.39 is 5.91 Å². The van der Waals surface area contributed by atoms with E-state index >= 15 is 0 Å². The lowest BCUT2D eigenvalue weighted by Crippen LogP contribution is -2.20. The van der Waals surface area contributed by atoms with Gasteiger partial charge in [0.15, 0.2) is 11.6 Å². The highest BCUT2D eigenvalue weighted by Gasteiger charge is 2.23. The van der Waals surface area contributed by atoms with E-state index in [9.17, 15) is 4.79 Å². The number of fused-ring (bicyclic) bond motifs is 1. The molecule has 1 amide bonds. The molecule has 0 spiro atoms. The molecule has 2 N–H and O–H groups in total. The first-order valence-electron chi connectivity index (χ1n) is 11.4. The maximum absolute atomic E-state index is 12.9. The van der Waals surface area contributed by atoms with E-state index in [-0.39, 0.29) is 23.3 Å². The molecule has 35 heavy (non-hydrogen) atoms. The van der Waals surface area contributed by atoms with Gasteiger partial charge in [-0.25, -0.2) is 0 Å². The second-order valence-corrected chi connectivity index (χ2v) is 7.28. The lowest BCUT2D eigenvalue weighted by Gasteiger charge is -2.25. The zero-order chi connectivity index (χ0) is 26.0. The van der Waals surface area contributed by atoms with Crippen molar-refractivity contribution in [2.24, 2.45) is 0 Å². The summed E-state index contributed by atoms with van der Waals surface area (Å²) in [6, 6.07) is 3.73. The molecule has 1 atom stereocenters. The Labute approximate surface area is 206 Å². The first-order valence-corrected chi connectivity index (χ1v) is 11.4. The zero-order valence-corrected chi connectivity index (χ0v) is 21.4. The molecule has 0 aliphatic carbocycles. The van der Waals surface area contributed by atoms with Crippen LogP contribution >= 0.6 is 0 Å². The molecule has 1 aliphatic rings. The van der Waals surface area contributed by atoms with Crippen LogP contribution in [0.5, 0.6) is 23.4 Å². The van der Waals surface area contributed by atoms with Gasteiger partial charge < -0.3 is 24.8 Å². The van der Waals surface area contributed by atoms with Gasteiger partial charge in [-0.15, -0.1) is 0 Å². The van der Waals surface area contributed by atoms with Crippen LogP contribution in [0.15, 0.2) is 36.6 Å². The van der Waals surface area contributed by atoms with Crippen molar-refractivity contribution in [1.82, 2.24) is 9.97 Å². The van der Waals surface area contributed by atoms with E-state index in [1.165, 1.54) is 26.4 Å². The van der Waals surface area contributed by atoms with Crippen LogP contribution in [-0.4, -0.2) is 43.7 Å². The van der Waals surface area contributed by atoms with Crippen LogP contribution in [0.4, 0.5) is 11.5 Å². The summed E-state index contributed by atoms with van der Waals surface area (Å²) in [6.45, 7) is 12.4. The number of benzene rings is 1. The maximum atomic E-state index is 12.9. The van der Waals surface area contributed by atoms with E-state index in [1.807, 2.05) is 26.8 Å². The third kappa shape index (κ3) is 6.56. The van der Waals surface area contributed by atoms with Crippen LogP contribution in [0.3, 0.4) is 0 Å². The second-order valence-electron chi connectivity index (χ2n) is 7.28. The predicted octanol–water partition coefficient (Wildman–Crippen LogP) is 4.78. The minimum absolute atomic E-state index is 0.0802. The number of allylic oxidation sites excluding steroid dienone is 2. The van der Waals surface area contributed by atoms with Crippen molar-refractivity contribution in [3.63, 3.8) is 0 Å². The minimum Gasteiger partial charge on any atom is -0.493 e. The lowest BCUT2D eigenvalue weighted by molar-refractivity contribution is -0.172. The van der Waals surface area contributed by atoms with Crippen molar-refractivity contribution in [3.8, 4) is 23.4 Å². The highest BCUT2D eigenvalue weighted by molar-refractivity contribution is 6.04. The SMILES string of the molecule is C=C/C=C(\OOc1cc(C)c2c(c1)C(C)CCO2)C(=O)Nc1c(NC)nc(OC)nc1OC.CC. The Morgan fingerprint density at radius 3 is 2.60 bits per heavy atom. The monoisotopic (exact) mass is 486 g/mol. The van der Waals surface area contributed by atoms with Gasteiger partial charge in [0.2, 0.25) is 11.6 Å². The molecule has 190 valence electrons. The van der Waals surface area contributed by atoms with Gasteiger partial charge in [0.25, 0.3) is 5.91 Å². The molecule has 2 aromatic rings. The Morgan fingerprint density at radius 2 is 1.97 bits per heavy atom. The highest BCUT2D eigenvalue weighted by Crippen LogP contribution is 2.39. The summed E-state index contributed by atoms with van der Waals surface area (Å²) in [5, 5.41) is 5.54. The van der Waals surface area contributed by atoms with E-state index in [2.05, 4.69) is 34.1 Å². The Balaban J connectivity index is 0.00000210. The van der Waals surface area contributed by atoms with Crippen LogP contribution < -0.4 is 29.7 Å². The van der Waals surface area contributed by atoms with E-state index in [1.54, 1.807) is 13.1 Å². The Morgan fingerprint density at radius 1 is 1.23 bits per heavy atom. The molecule has 1 unspecified atom stereocenters. The summed E-state index contributed by atoms with van der Waals surface area (Å²) < 4.78 is 16.1. The number of carbonyl (C=O) groups is 1. The fourth-order valence-electron chi connectivity index (χ4n) is 3.34. The van der Waals surface area contributed by atoms with Gasteiger partial charge in [-0.1, -0.05) is 33.4 Å². The van der Waals surface area contributed by atoms with Crippen molar-refractivity contribution >= 4 is 17.4 Å². The number of methoxy groups -OCH3 is 2. The third-order valence-corrected chi connectivity index (χ3v) is 5.03. The van der Waals surface area contributed by atoms with Crippen molar-refractivity contribution in [1.29, 1.82) is 0 Å². The molecular weight excluding hydrogens is 452 g/mol. The summed E-state index contributed by atoms with van der Waals surface area (Å²) in [4.78, 5) is 32.1. The maximum Gasteiger partial charge on any atom is 0.321 e. The Kier molecular flexibility index (Phi) is 10.2. The smallest absolute Gasteiger partial charge is 0.321 e. The second kappa shape index (κ2) is 13.1. The first-order chi connectivity index (χ1) is 16.9. The van der Waals surface area contributed by atoms with Gasteiger partial charge in [0.05, 0.1) is 20.8 Å². The summed E-state index contributed by atoms with van der Waals surface area (Å²) >= 11 is 0. The van der Waals surface area contributed by atoms with Crippen LogP contribution in [0.25, 0.3) is 0 Å². The first kappa shape index (κ1) is 27.3. The van der Waals surface area contributed by atoms with Gasteiger partial charge in [0.1, 0.15) is 11.4 Å². The van der Waals surface area contributed by atoms with E-state index in [0.717, 1.165) is 23.3 Å². The zero-order valence-electron chi connectivity index (χ0n) is 21.4. The Hall–Kier alpha value is -3.95. The number of nitrogens with one attached hydrogen (secondary N) is 2. The molecule has 10 heteroatoms. The number of hydrogen-bond donors (Lipinski definition) is 2. The number of nitrogens with zero attached hydrogens (tertiary/aromatic N) is 2. The molecule has 3 rings (SSSR count). The number of aryl methyl sites for hydroxylation is 1. The van der Waals surface area contributed by atoms with Crippen LogP contribution in [0.2, 0.25) is 0 Å². The molecule has 0 radical (unpaired) electrons. The molecule has 1 aromatic carbocycles. The number of anilines is 2. The molecule has 0 saturated carbocycles. The Bertz CT molecular complexity index is 1050. The quantitative estimate of drug-likeness (QED) is 0.170. The summed E-state index contributed by atoms with van der Waals surface area (Å²) in [5.74, 6) is 1.29. The fraction of sp³-hybridized carbons (Fsp3) is 0.400. The number of amides is 1. The largest absolute Gasteiger partial charge is 0.493 e. The van der Waals surface area contributed by atoms with E-state index in [4.69, 9.17) is 24.0 Å². The third-order valence-electron chi connectivity index (χ3n) is 5.03. The highest BCUT2D eigenvalue weighted by atomic mass is 17.2. The predicted molar refractivity (Wildman–Crippen MR) is 134 cm³/mol. The van der Waals surface area contributed by atoms with Crippen LogP contribution in [0, 0.1) is 6.92 Å². The fourth-order valence-corrected chi connectivity index (χ4v) is 3.34. The standard InChI is InChI=1S/C23H28N4O6.C2H6/c1-7-8-17(21(28)25-18-20(24-4)26-23(30-6)27-22(18)29-5)33-32-15-11-14(3)19-16(12-15)13(2)9-10-31-19;1-2/h7-8,11-13H,1,9-10H2,2-6H3,(H,25,28)(H,24,26,27);1-2H3/b17-8-;. The van der Waals surface area contributed by atoms with Crippen molar-refractivity contribution in [2.45, 2.75) is 40.0 Å². The van der Waals surface area contributed by atoms with Crippen molar-refractivity contribution in [2.75, 3.05) is 38.5 Å². The molecule has 0 fully saturated rings. The average Bonchev–Trinajstić information content (AvgIpc) is 2.88. The molecule has 0 saturated heterocycles. The molecular formula is C25H34N4O6. The van der Waals surface area contributed by atoms with Crippen LogP contribution in [0.1, 0.15) is 44.2 Å². The lowest BCUT2D eigenvalue weighted by atomic mass is 9.93. The molecule has 2 heterocycles. The number of carbonyl (C=O) groups excluding carboxylic acids is 1. The normalized spacial score (nSPS) is 14.3. The van der Waals surface area contributed by atoms with Crippen molar-refractivity contribution < 1.29 is 28.8 Å². The van der Waals surface area contributed by atoms with Gasteiger partial charge in [-0.3, -0.25) is 14.6 Å². The summed E-state index contributed by atoms with van der Waals surface area (Å²) in [6.07, 6.45) is 3.70. The number of ether oxygens (including phenoxy) is 3. The minimum atomic E-state index is -0.621. The summed E-state index contributed by atoms with van der Waals surface area (Å²) in [7, 11) is 4.48. The van der Waals surface area contributed by atoms with Gasteiger partial charge in [-0.05, 0) is 43.0 Å². The van der Waals surface area contributed by atoms with Gasteiger partial charge in [-0.2, -0.15) is 9.97 Å². The number of aromatic nitrogens is 2. The topological polar surface area (TPSA) is 113 Å². The van der Waals surface area contributed by atoms with Gasteiger partial charge in [0, 0.05) is 12.6 Å². The molecule has 1 aromatic heterocycles. The molecule has 1 aliphatic heterocycles.